The molecular weight excluding hydrogens is 206 g/mol. The van der Waals surface area contributed by atoms with Crippen LogP contribution >= 0.6 is 0 Å². The molecule has 2 N–H and O–H groups in total. The van der Waals surface area contributed by atoms with E-state index in [0.717, 1.165) is 17.7 Å². The zero-order valence-electron chi connectivity index (χ0n) is 10.1. The molecule has 1 heteroatoms. The molecule has 0 spiro atoms. The molecule has 2 aromatic carbocycles. The Bertz CT molecular complexity index is 498. The number of allylic oxidation sites excluding steroid dienone is 1. The highest BCUT2D eigenvalue weighted by molar-refractivity contribution is 5.65. The van der Waals surface area contributed by atoms with Crippen molar-refractivity contribution in [2.24, 2.45) is 5.73 Å². The minimum Gasteiger partial charge on any atom is -0.398 e. The predicted octanol–water partition coefficient (Wildman–Crippen LogP) is 3.62. The van der Waals surface area contributed by atoms with E-state index in [1.54, 1.807) is 0 Å². The Hall–Kier alpha value is -2.02. The van der Waals surface area contributed by atoms with Gasteiger partial charge < -0.3 is 5.73 Å². The lowest BCUT2D eigenvalue weighted by molar-refractivity contribution is 1.14. The number of rotatable bonds is 3. The summed E-state index contributed by atoms with van der Waals surface area (Å²) in [6.45, 7) is 2.09. The summed E-state index contributed by atoms with van der Waals surface area (Å²) in [5.41, 5.74) is 10.7. The lowest BCUT2D eigenvalue weighted by atomic mass is 10.0. The van der Waals surface area contributed by atoms with E-state index in [0.29, 0.717) is 0 Å². The van der Waals surface area contributed by atoms with Crippen molar-refractivity contribution in [3.8, 4) is 0 Å². The average molecular weight is 223 g/mol. The molecule has 86 valence electrons. The Morgan fingerprint density at radius 2 is 1.41 bits per heavy atom. The first kappa shape index (κ1) is 11.5. The second-order valence-corrected chi connectivity index (χ2v) is 4.22. The average Bonchev–Trinajstić information content (AvgIpc) is 2.40. The Kier molecular flexibility index (Phi) is 3.61. The highest BCUT2D eigenvalue weighted by Crippen LogP contribution is 2.16. The molecular formula is C16H17N. The van der Waals surface area contributed by atoms with Crippen LogP contribution in [0.25, 0.3) is 5.70 Å². The number of hydrogen-bond acceptors (Lipinski definition) is 1. The first-order valence-corrected chi connectivity index (χ1v) is 5.82. The van der Waals surface area contributed by atoms with Gasteiger partial charge in [-0.15, -0.1) is 0 Å². The highest BCUT2D eigenvalue weighted by atomic mass is 14.6. The summed E-state index contributed by atoms with van der Waals surface area (Å²) in [7, 11) is 0. The SMILES string of the molecule is CC(Cc1ccccc1)=C(N)c1ccccc1. The Morgan fingerprint density at radius 1 is 0.882 bits per heavy atom. The van der Waals surface area contributed by atoms with Crippen LogP contribution in [0.2, 0.25) is 0 Å². The number of benzene rings is 2. The molecule has 2 aromatic rings. The van der Waals surface area contributed by atoms with Crippen molar-refractivity contribution < 1.29 is 0 Å². The summed E-state index contributed by atoms with van der Waals surface area (Å²) >= 11 is 0. The summed E-state index contributed by atoms with van der Waals surface area (Å²) in [4.78, 5) is 0. The maximum atomic E-state index is 6.17. The van der Waals surface area contributed by atoms with Gasteiger partial charge in [0.15, 0.2) is 0 Å². The molecule has 0 bridgehead atoms. The van der Waals surface area contributed by atoms with Crippen molar-refractivity contribution in [2.75, 3.05) is 0 Å². The van der Waals surface area contributed by atoms with Crippen LogP contribution in [-0.4, -0.2) is 0 Å². The summed E-state index contributed by atoms with van der Waals surface area (Å²) in [6.07, 6.45) is 0.904. The van der Waals surface area contributed by atoms with Gasteiger partial charge in [0.25, 0.3) is 0 Å². The van der Waals surface area contributed by atoms with Crippen molar-refractivity contribution in [3.05, 3.63) is 77.4 Å². The van der Waals surface area contributed by atoms with Crippen LogP contribution in [-0.2, 0) is 6.42 Å². The van der Waals surface area contributed by atoms with Crippen molar-refractivity contribution in [1.29, 1.82) is 0 Å². The fourth-order valence-corrected chi connectivity index (χ4v) is 1.86. The Labute approximate surface area is 103 Å². The maximum Gasteiger partial charge on any atom is 0.0380 e. The van der Waals surface area contributed by atoms with E-state index in [4.69, 9.17) is 5.73 Å². The van der Waals surface area contributed by atoms with Crippen molar-refractivity contribution in [1.82, 2.24) is 0 Å². The molecule has 0 unspecified atom stereocenters. The highest BCUT2D eigenvalue weighted by Gasteiger charge is 2.01. The smallest absolute Gasteiger partial charge is 0.0380 e. The van der Waals surface area contributed by atoms with Crippen LogP contribution in [0, 0.1) is 0 Å². The molecule has 0 heterocycles. The third-order valence-corrected chi connectivity index (χ3v) is 2.86. The molecule has 0 amide bonds. The van der Waals surface area contributed by atoms with Crippen LogP contribution in [0.5, 0.6) is 0 Å². The van der Waals surface area contributed by atoms with Gasteiger partial charge >= 0.3 is 0 Å². The van der Waals surface area contributed by atoms with E-state index in [1.807, 2.05) is 36.4 Å². The van der Waals surface area contributed by atoms with Gasteiger partial charge in [-0.05, 0) is 30.0 Å². The van der Waals surface area contributed by atoms with Gasteiger partial charge in [-0.25, -0.2) is 0 Å². The standard InChI is InChI=1S/C16H17N/c1-13(12-14-8-4-2-5-9-14)16(17)15-10-6-3-7-11-15/h2-11H,12,17H2,1H3. The topological polar surface area (TPSA) is 26.0 Å². The Morgan fingerprint density at radius 3 is 2.00 bits per heavy atom. The largest absolute Gasteiger partial charge is 0.398 e. The molecule has 0 aliphatic rings. The van der Waals surface area contributed by atoms with Gasteiger partial charge in [-0.3, -0.25) is 0 Å². The molecule has 0 aromatic heterocycles. The third kappa shape index (κ3) is 2.97. The van der Waals surface area contributed by atoms with Crippen LogP contribution in [0.15, 0.2) is 66.2 Å². The minimum absolute atomic E-state index is 0.884. The van der Waals surface area contributed by atoms with Crippen LogP contribution < -0.4 is 5.73 Å². The van der Waals surface area contributed by atoms with Gasteiger partial charge in [-0.1, -0.05) is 60.7 Å². The second-order valence-electron chi connectivity index (χ2n) is 4.22. The monoisotopic (exact) mass is 223 g/mol. The molecule has 0 saturated carbocycles. The molecule has 0 radical (unpaired) electrons. The van der Waals surface area contributed by atoms with Gasteiger partial charge in [0.2, 0.25) is 0 Å². The van der Waals surface area contributed by atoms with Gasteiger partial charge in [-0.2, -0.15) is 0 Å². The van der Waals surface area contributed by atoms with Crippen molar-refractivity contribution in [3.63, 3.8) is 0 Å². The quantitative estimate of drug-likeness (QED) is 0.845. The zero-order valence-corrected chi connectivity index (χ0v) is 10.1. The fourth-order valence-electron chi connectivity index (χ4n) is 1.86. The van der Waals surface area contributed by atoms with E-state index in [1.165, 1.54) is 11.1 Å². The summed E-state index contributed by atoms with van der Waals surface area (Å²) in [6, 6.07) is 20.5. The van der Waals surface area contributed by atoms with Gasteiger partial charge in [0, 0.05) is 5.70 Å². The summed E-state index contributed by atoms with van der Waals surface area (Å²) in [5.74, 6) is 0. The molecule has 0 aliphatic heterocycles. The summed E-state index contributed by atoms with van der Waals surface area (Å²) < 4.78 is 0. The second kappa shape index (κ2) is 5.35. The van der Waals surface area contributed by atoms with E-state index >= 15 is 0 Å². The molecule has 0 atom stereocenters. The van der Waals surface area contributed by atoms with Crippen LogP contribution in [0.3, 0.4) is 0 Å². The lowest BCUT2D eigenvalue weighted by Crippen LogP contribution is -2.01. The first-order valence-electron chi connectivity index (χ1n) is 5.82. The predicted molar refractivity (Wildman–Crippen MR) is 73.4 cm³/mol. The van der Waals surface area contributed by atoms with Crippen LogP contribution in [0.4, 0.5) is 0 Å². The fraction of sp³-hybridized carbons (Fsp3) is 0.125. The van der Waals surface area contributed by atoms with Gasteiger partial charge in [0.1, 0.15) is 0 Å². The molecule has 17 heavy (non-hydrogen) atoms. The normalized spacial score (nSPS) is 12.1. The number of hydrogen-bond donors (Lipinski definition) is 1. The molecule has 0 aliphatic carbocycles. The molecule has 0 fully saturated rings. The van der Waals surface area contributed by atoms with Crippen molar-refractivity contribution >= 4 is 5.70 Å². The van der Waals surface area contributed by atoms with Gasteiger partial charge in [0.05, 0.1) is 0 Å². The molecule has 2 rings (SSSR count). The number of nitrogens with two attached hydrogens (primary N) is 1. The van der Waals surface area contributed by atoms with E-state index in [2.05, 4.69) is 31.2 Å². The van der Waals surface area contributed by atoms with Crippen molar-refractivity contribution in [2.45, 2.75) is 13.3 Å². The van der Waals surface area contributed by atoms with E-state index in [-0.39, 0.29) is 0 Å². The zero-order chi connectivity index (χ0) is 12.1. The van der Waals surface area contributed by atoms with E-state index in [9.17, 15) is 0 Å². The maximum absolute atomic E-state index is 6.17. The van der Waals surface area contributed by atoms with Crippen LogP contribution in [0.1, 0.15) is 18.1 Å². The minimum atomic E-state index is 0.884. The third-order valence-electron chi connectivity index (χ3n) is 2.86. The summed E-state index contributed by atoms with van der Waals surface area (Å²) in [5, 5.41) is 0. The molecule has 1 nitrogen and oxygen atoms in total. The first-order chi connectivity index (χ1) is 8.27. The Balaban J connectivity index is 2.22. The molecule has 0 saturated heterocycles. The lowest BCUT2D eigenvalue weighted by Gasteiger charge is -2.08. The van der Waals surface area contributed by atoms with E-state index < -0.39 is 0 Å².